The van der Waals surface area contributed by atoms with Crippen LogP contribution < -0.4 is 5.32 Å². The maximum atomic E-state index is 12.3. The molecule has 4 heteroatoms. The maximum Gasteiger partial charge on any atom is 0.242 e. The highest BCUT2D eigenvalue weighted by Gasteiger charge is 2.32. The Labute approximate surface area is 126 Å². The predicted octanol–water partition coefficient (Wildman–Crippen LogP) is 2.31. The van der Waals surface area contributed by atoms with E-state index in [-0.39, 0.29) is 17.9 Å². The van der Waals surface area contributed by atoms with E-state index < -0.39 is 0 Å². The van der Waals surface area contributed by atoms with Crippen molar-refractivity contribution >= 4 is 11.8 Å². The van der Waals surface area contributed by atoms with Crippen molar-refractivity contribution in [1.29, 1.82) is 0 Å². The molecule has 2 amide bonds. The van der Waals surface area contributed by atoms with Gasteiger partial charge in [0.2, 0.25) is 11.8 Å². The molecule has 2 unspecified atom stereocenters. The first-order valence-electron chi connectivity index (χ1n) is 7.73. The minimum atomic E-state index is -0.282. The van der Waals surface area contributed by atoms with Gasteiger partial charge in [0.05, 0.1) is 0 Å². The van der Waals surface area contributed by atoms with E-state index in [0.717, 1.165) is 19.3 Å². The summed E-state index contributed by atoms with van der Waals surface area (Å²) in [7, 11) is 0. The van der Waals surface area contributed by atoms with Crippen molar-refractivity contribution in [1.82, 2.24) is 10.2 Å². The third kappa shape index (κ3) is 3.84. The molecule has 0 radical (unpaired) electrons. The number of carbonyl (C=O) groups is 2. The molecule has 1 aromatic carbocycles. The highest BCUT2D eigenvalue weighted by Crippen LogP contribution is 2.20. The molecule has 1 heterocycles. The summed E-state index contributed by atoms with van der Waals surface area (Å²) in [6.07, 6.45) is 2.66. The molecule has 2 atom stereocenters. The van der Waals surface area contributed by atoms with Crippen molar-refractivity contribution in [2.24, 2.45) is 0 Å². The molecule has 0 bridgehead atoms. The second-order valence-electron chi connectivity index (χ2n) is 5.63. The summed E-state index contributed by atoms with van der Waals surface area (Å²) < 4.78 is 0. The number of nitrogens with zero attached hydrogens (tertiary/aromatic N) is 1. The molecule has 1 aromatic rings. The fraction of sp³-hybridized carbons (Fsp3) is 0.529. The van der Waals surface area contributed by atoms with Crippen molar-refractivity contribution < 1.29 is 9.59 Å². The molecule has 2 rings (SSSR count). The highest BCUT2D eigenvalue weighted by molar-refractivity contribution is 5.87. The van der Waals surface area contributed by atoms with Gasteiger partial charge in [0, 0.05) is 25.9 Å². The van der Waals surface area contributed by atoms with Crippen molar-refractivity contribution in [2.45, 2.75) is 45.1 Å². The van der Waals surface area contributed by atoms with E-state index in [4.69, 9.17) is 0 Å². The topological polar surface area (TPSA) is 49.4 Å². The molecule has 1 aliphatic heterocycles. The first kappa shape index (κ1) is 15.5. The number of rotatable bonds is 5. The lowest BCUT2D eigenvalue weighted by atomic mass is 9.96. The van der Waals surface area contributed by atoms with Crippen LogP contribution in [0.3, 0.4) is 0 Å². The summed E-state index contributed by atoms with van der Waals surface area (Å²) in [5.41, 5.74) is 1.25. The van der Waals surface area contributed by atoms with Crippen LogP contribution in [0.15, 0.2) is 30.3 Å². The molecule has 0 spiro atoms. The van der Waals surface area contributed by atoms with Crippen molar-refractivity contribution in [3.8, 4) is 0 Å². The Hall–Kier alpha value is -1.84. The SMILES string of the molecule is CCC(CNC(=O)C1CCCN1C(C)=O)c1ccccc1. The second kappa shape index (κ2) is 7.25. The van der Waals surface area contributed by atoms with E-state index >= 15 is 0 Å². The maximum absolute atomic E-state index is 12.3. The van der Waals surface area contributed by atoms with Crippen molar-refractivity contribution in [2.75, 3.05) is 13.1 Å². The van der Waals surface area contributed by atoms with Crippen LogP contribution in [-0.2, 0) is 9.59 Å². The van der Waals surface area contributed by atoms with E-state index in [2.05, 4.69) is 24.4 Å². The van der Waals surface area contributed by atoms with Crippen LogP contribution in [0.1, 0.15) is 44.6 Å². The first-order valence-corrected chi connectivity index (χ1v) is 7.73. The number of likely N-dealkylation sites (tertiary alicyclic amines) is 1. The van der Waals surface area contributed by atoms with Gasteiger partial charge in [0.15, 0.2) is 0 Å². The Morgan fingerprint density at radius 1 is 1.33 bits per heavy atom. The van der Waals surface area contributed by atoms with Crippen LogP contribution in [0.25, 0.3) is 0 Å². The van der Waals surface area contributed by atoms with Gasteiger partial charge in [-0.15, -0.1) is 0 Å². The summed E-state index contributed by atoms with van der Waals surface area (Å²) in [5.74, 6) is 0.294. The van der Waals surface area contributed by atoms with Gasteiger partial charge in [-0.1, -0.05) is 37.3 Å². The van der Waals surface area contributed by atoms with Gasteiger partial charge in [-0.05, 0) is 24.8 Å². The average Bonchev–Trinajstić information content (AvgIpc) is 2.98. The Balaban J connectivity index is 1.92. The molecule has 1 fully saturated rings. The zero-order valence-electron chi connectivity index (χ0n) is 12.8. The molecule has 4 nitrogen and oxygen atoms in total. The lowest BCUT2D eigenvalue weighted by Gasteiger charge is -2.24. The average molecular weight is 288 g/mol. The molecule has 21 heavy (non-hydrogen) atoms. The molecule has 0 aliphatic carbocycles. The van der Waals surface area contributed by atoms with Gasteiger partial charge in [-0.25, -0.2) is 0 Å². The summed E-state index contributed by atoms with van der Waals surface area (Å²) in [5, 5.41) is 3.03. The Morgan fingerprint density at radius 3 is 2.67 bits per heavy atom. The fourth-order valence-electron chi connectivity index (χ4n) is 2.98. The fourth-order valence-corrected chi connectivity index (χ4v) is 2.98. The minimum absolute atomic E-state index is 0.0113. The van der Waals surface area contributed by atoms with Gasteiger partial charge < -0.3 is 10.2 Å². The van der Waals surface area contributed by atoms with Crippen LogP contribution in [0.5, 0.6) is 0 Å². The molecule has 0 saturated carbocycles. The third-order valence-corrected chi connectivity index (χ3v) is 4.25. The normalized spacial score (nSPS) is 19.3. The zero-order valence-corrected chi connectivity index (χ0v) is 12.8. The van der Waals surface area contributed by atoms with E-state index in [9.17, 15) is 9.59 Å². The molecular weight excluding hydrogens is 264 g/mol. The number of hydrogen-bond acceptors (Lipinski definition) is 2. The Morgan fingerprint density at radius 2 is 2.05 bits per heavy atom. The van der Waals surface area contributed by atoms with Crippen LogP contribution in [0, 0.1) is 0 Å². The van der Waals surface area contributed by atoms with Gasteiger partial charge >= 0.3 is 0 Å². The first-order chi connectivity index (χ1) is 10.1. The van der Waals surface area contributed by atoms with E-state index in [0.29, 0.717) is 19.0 Å². The van der Waals surface area contributed by atoms with Crippen LogP contribution >= 0.6 is 0 Å². The monoisotopic (exact) mass is 288 g/mol. The van der Waals surface area contributed by atoms with Gasteiger partial charge in [-0.2, -0.15) is 0 Å². The van der Waals surface area contributed by atoms with Gasteiger partial charge in [0.25, 0.3) is 0 Å². The van der Waals surface area contributed by atoms with Gasteiger partial charge in [0.1, 0.15) is 6.04 Å². The molecule has 1 aliphatic rings. The van der Waals surface area contributed by atoms with E-state index in [1.807, 2.05) is 18.2 Å². The zero-order chi connectivity index (χ0) is 15.2. The lowest BCUT2D eigenvalue weighted by molar-refractivity contribution is -0.136. The molecule has 1 N–H and O–H groups in total. The lowest BCUT2D eigenvalue weighted by Crippen LogP contribution is -2.46. The number of hydrogen-bond donors (Lipinski definition) is 1. The van der Waals surface area contributed by atoms with Crippen molar-refractivity contribution in [3.05, 3.63) is 35.9 Å². The molecule has 0 aromatic heterocycles. The number of carbonyl (C=O) groups excluding carboxylic acids is 2. The summed E-state index contributed by atoms with van der Waals surface area (Å²) >= 11 is 0. The van der Waals surface area contributed by atoms with E-state index in [1.165, 1.54) is 12.5 Å². The summed E-state index contributed by atoms with van der Waals surface area (Å²) in [6.45, 7) is 4.98. The number of amides is 2. The summed E-state index contributed by atoms with van der Waals surface area (Å²) in [4.78, 5) is 25.5. The largest absolute Gasteiger partial charge is 0.354 e. The number of nitrogens with one attached hydrogen (secondary N) is 1. The smallest absolute Gasteiger partial charge is 0.242 e. The highest BCUT2D eigenvalue weighted by atomic mass is 16.2. The predicted molar refractivity (Wildman–Crippen MR) is 82.9 cm³/mol. The third-order valence-electron chi connectivity index (χ3n) is 4.25. The Kier molecular flexibility index (Phi) is 5.37. The van der Waals surface area contributed by atoms with Crippen LogP contribution in [-0.4, -0.2) is 35.8 Å². The second-order valence-corrected chi connectivity index (χ2v) is 5.63. The van der Waals surface area contributed by atoms with Crippen LogP contribution in [0.2, 0.25) is 0 Å². The quantitative estimate of drug-likeness (QED) is 0.904. The van der Waals surface area contributed by atoms with E-state index in [1.54, 1.807) is 4.90 Å². The number of benzene rings is 1. The Bertz CT molecular complexity index is 487. The standard InChI is InChI=1S/C17H24N2O2/c1-3-14(15-8-5-4-6-9-15)12-18-17(21)16-10-7-11-19(16)13(2)20/h4-6,8-9,14,16H,3,7,10-12H2,1-2H3,(H,18,21). The van der Waals surface area contributed by atoms with Crippen LogP contribution in [0.4, 0.5) is 0 Å². The minimum Gasteiger partial charge on any atom is -0.354 e. The molecular formula is C17H24N2O2. The van der Waals surface area contributed by atoms with Gasteiger partial charge in [-0.3, -0.25) is 9.59 Å². The molecule has 1 saturated heterocycles. The molecule has 114 valence electrons. The summed E-state index contributed by atoms with van der Waals surface area (Å²) in [6, 6.07) is 9.95. The van der Waals surface area contributed by atoms with Crippen molar-refractivity contribution in [3.63, 3.8) is 0 Å².